The first-order valence-electron chi connectivity index (χ1n) is 4.33. The van der Waals surface area contributed by atoms with Gasteiger partial charge in [-0.05, 0) is 32.4 Å². The van der Waals surface area contributed by atoms with Gasteiger partial charge in [-0.2, -0.15) is 0 Å². The molecular weight excluding hydrogens is 152 g/mol. The Balaban J connectivity index is 3.06. The third-order valence-electron chi connectivity index (χ3n) is 3.63. The summed E-state index contributed by atoms with van der Waals surface area (Å²) in [6.45, 7) is 7.08. The SMILES string of the molecule is CN1CCC(C)(C)C1(C)C(N)=O. The molecule has 3 nitrogen and oxygen atoms in total. The van der Waals surface area contributed by atoms with E-state index in [2.05, 4.69) is 18.7 Å². The van der Waals surface area contributed by atoms with E-state index in [0.29, 0.717) is 0 Å². The van der Waals surface area contributed by atoms with Gasteiger partial charge >= 0.3 is 0 Å². The summed E-state index contributed by atoms with van der Waals surface area (Å²) in [4.78, 5) is 13.4. The smallest absolute Gasteiger partial charge is 0.238 e. The van der Waals surface area contributed by atoms with Crippen molar-refractivity contribution in [2.45, 2.75) is 32.7 Å². The van der Waals surface area contributed by atoms with Crippen LogP contribution in [0.1, 0.15) is 27.2 Å². The van der Waals surface area contributed by atoms with Crippen LogP contribution < -0.4 is 5.73 Å². The Morgan fingerprint density at radius 3 is 2.08 bits per heavy atom. The van der Waals surface area contributed by atoms with Crippen LogP contribution in [-0.2, 0) is 4.79 Å². The topological polar surface area (TPSA) is 46.3 Å². The Bertz CT molecular complexity index is 213. The molecule has 70 valence electrons. The van der Waals surface area contributed by atoms with Gasteiger partial charge < -0.3 is 5.73 Å². The van der Waals surface area contributed by atoms with Crippen molar-refractivity contribution in [2.75, 3.05) is 13.6 Å². The van der Waals surface area contributed by atoms with Crippen molar-refractivity contribution in [3.05, 3.63) is 0 Å². The number of likely N-dealkylation sites (tertiary alicyclic amines) is 1. The summed E-state index contributed by atoms with van der Waals surface area (Å²) in [5.41, 5.74) is 4.93. The number of carbonyl (C=O) groups is 1. The van der Waals surface area contributed by atoms with E-state index in [4.69, 9.17) is 5.73 Å². The van der Waals surface area contributed by atoms with Gasteiger partial charge in [0.2, 0.25) is 5.91 Å². The monoisotopic (exact) mass is 170 g/mol. The summed E-state index contributed by atoms with van der Waals surface area (Å²) in [7, 11) is 1.96. The minimum atomic E-state index is -0.479. The molecule has 0 aromatic carbocycles. The highest BCUT2D eigenvalue weighted by molar-refractivity contribution is 5.85. The molecule has 0 aromatic heterocycles. The van der Waals surface area contributed by atoms with E-state index in [9.17, 15) is 4.79 Å². The van der Waals surface area contributed by atoms with E-state index < -0.39 is 5.54 Å². The normalized spacial score (nSPS) is 35.3. The highest BCUT2D eigenvalue weighted by atomic mass is 16.1. The van der Waals surface area contributed by atoms with Crippen LogP contribution in [0, 0.1) is 5.41 Å². The number of likely N-dealkylation sites (N-methyl/N-ethyl adjacent to an activating group) is 1. The lowest BCUT2D eigenvalue weighted by Crippen LogP contribution is -2.57. The highest BCUT2D eigenvalue weighted by Crippen LogP contribution is 2.43. The summed E-state index contributed by atoms with van der Waals surface area (Å²) < 4.78 is 0. The average Bonchev–Trinajstić information content (AvgIpc) is 2.15. The molecule has 1 amide bonds. The van der Waals surface area contributed by atoms with Crippen molar-refractivity contribution < 1.29 is 4.79 Å². The number of nitrogens with two attached hydrogens (primary N) is 1. The standard InChI is InChI=1S/C9H18N2O/c1-8(2)5-6-11(4)9(8,3)7(10)12/h5-6H2,1-4H3,(H2,10,12). The minimum Gasteiger partial charge on any atom is -0.368 e. The second kappa shape index (κ2) is 2.46. The number of nitrogens with zero attached hydrogens (tertiary/aromatic N) is 1. The van der Waals surface area contributed by atoms with Gasteiger partial charge in [0.05, 0.1) is 0 Å². The lowest BCUT2D eigenvalue weighted by Gasteiger charge is -2.39. The van der Waals surface area contributed by atoms with Gasteiger partial charge in [-0.25, -0.2) is 0 Å². The number of amides is 1. The lowest BCUT2D eigenvalue weighted by molar-refractivity contribution is -0.131. The van der Waals surface area contributed by atoms with Gasteiger partial charge in [-0.3, -0.25) is 9.69 Å². The molecule has 1 aliphatic heterocycles. The maximum Gasteiger partial charge on any atom is 0.238 e. The van der Waals surface area contributed by atoms with Crippen LogP contribution in [0.25, 0.3) is 0 Å². The first-order chi connectivity index (χ1) is 5.32. The third kappa shape index (κ3) is 0.959. The molecular formula is C9H18N2O. The molecule has 12 heavy (non-hydrogen) atoms. The Hall–Kier alpha value is -0.570. The van der Waals surface area contributed by atoms with E-state index in [1.165, 1.54) is 0 Å². The number of primary amides is 1. The van der Waals surface area contributed by atoms with Crippen molar-refractivity contribution in [3.63, 3.8) is 0 Å². The zero-order valence-corrected chi connectivity index (χ0v) is 8.35. The average molecular weight is 170 g/mol. The van der Waals surface area contributed by atoms with Crippen molar-refractivity contribution in [3.8, 4) is 0 Å². The molecule has 1 rings (SSSR count). The van der Waals surface area contributed by atoms with Gasteiger partial charge in [-0.1, -0.05) is 13.8 Å². The van der Waals surface area contributed by atoms with E-state index in [0.717, 1.165) is 13.0 Å². The Morgan fingerprint density at radius 2 is 1.92 bits per heavy atom. The molecule has 0 aliphatic carbocycles. The van der Waals surface area contributed by atoms with Crippen LogP contribution in [0.15, 0.2) is 0 Å². The molecule has 1 saturated heterocycles. The zero-order chi connectivity index (χ0) is 9.57. The summed E-state index contributed by atoms with van der Waals surface area (Å²) in [6, 6.07) is 0. The number of hydrogen-bond donors (Lipinski definition) is 1. The van der Waals surface area contributed by atoms with Crippen molar-refractivity contribution in [1.29, 1.82) is 0 Å². The van der Waals surface area contributed by atoms with Gasteiger partial charge in [0.15, 0.2) is 0 Å². The zero-order valence-electron chi connectivity index (χ0n) is 8.35. The summed E-state index contributed by atoms with van der Waals surface area (Å²) in [5.74, 6) is -0.215. The van der Waals surface area contributed by atoms with Gasteiger partial charge in [0, 0.05) is 0 Å². The highest BCUT2D eigenvalue weighted by Gasteiger charge is 2.53. The first-order valence-corrected chi connectivity index (χ1v) is 4.33. The second-order valence-electron chi connectivity index (χ2n) is 4.49. The molecule has 1 fully saturated rings. The molecule has 1 heterocycles. The number of rotatable bonds is 1. The number of carbonyl (C=O) groups excluding carboxylic acids is 1. The third-order valence-corrected chi connectivity index (χ3v) is 3.63. The predicted octanol–water partition coefficient (Wildman–Crippen LogP) is 0.592. The van der Waals surface area contributed by atoms with E-state index >= 15 is 0 Å². The van der Waals surface area contributed by atoms with E-state index in [-0.39, 0.29) is 11.3 Å². The maximum absolute atomic E-state index is 11.3. The van der Waals surface area contributed by atoms with E-state index in [1.54, 1.807) is 0 Å². The van der Waals surface area contributed by atoms with Gasteiger partial charge in [0.1, 0.15) is 5.54 Å². The van der Waals surface area contributed by atoms with Crippen LogP contribution >= 0.6 is 0 Å². The van der Waals surface area contributed by atoms with Crippen LogP contribution in [0.3, 0.4) is 0 Å². The fourth-order valence-electron chi connectivity index (χ4n) is 1.95. The molecule has 0 bridgehead atoms. The van der Waals surface area contributed by atoms with Crippen LogP contribution in [0.4, 0.5) is 0 Å². The summed E-state index contributed by atoms with van der Waals surface area (Å²) in [6.07, 6.45) is 1.03. The van der Waals surface area contributed by atoms with E-state index in [1.807, 2.05) is 14.0 Å². The molecule has 3 heteroatoms. The van der Waals surface area contributed by atoms with Crippen LogP contribution in [-0.4, -0.2) is 29.9 Å². The molecule has 1 unspecified atom stereocenters. The largest absolute Gasteiger partial charge is 0.368 e. The van der Waals surface area contributed by atoms with Crippen molar-refractivity contribution in [2.24, 2.45) is 11.1 Å². The van der Waals surface area contributed by atoms with Crippen LogP contribution in [0.5, 0.6) is 0 Å². The maximum atomic E-state index is 11.3. The Kier molecular flexibility index (Phi) is 1.95. The fourth-order valence-corrected chi connectivity index (χ4v) is 1.95. The molecule has 1 aliphatic rings. The molecule has 2 N–H and O–H groups in total. The molecule has 0 spiro atoms. The molecule has 0 aromatic rings. The van der Waals surface area contributed by atoms with Crippen LogP contribution in [0.2, 0.25) is 0 Å². The van der Waals surface area contributed by atoms with Gasteiger partial charge in [-0.15, -0.1) is 0 Å². The minimum absolute atomic E-state index is 0.00637. The second-order valence-corrected chi connectivity index (χ2v) is 4.49. The summed E-state index contributed by atoms with van der Waals surface area (Å²) >= 11 is 0. The van der Waals surface area contributed by atoms with Gasteiger partial charge in [0.25, 0.3) is 0 Å². The molecule has 0 radical (unpaired) electrons. The Labute approximate surface area is 73.9 Å². The van der Waals surface area contributed by atoms with Crippen molar-refractivity contribution >= 4 is 5.91 Å². The fraction of sp³-hybridized carbons (Fsp3) is 0.889. The quantitative estimate of drug-likeness (QED) is 0.626. The number of hydrogen-bond acceptors (Lipinski definition) is 2. The molecule has 1 atom stereocenters. The van der Waals surface area contributed by atoms with Crippen molar-refractivity contribution in [1.82, 2.24) is 4.90 Å². The predicted molar refractivity (Wildman–Crippen MR) is 48.6 cm³/mol. The lowest BCUT2D eigenvalue weighted by atomic mass is 9.73. The first kappa shape index (κ1) is 9.52. The Morgan fingerprint density at radius 1 is 1.42 bits per heavy atom. The molecule has 0 saturated carbocycles. The summed E-state index contributed by atoms with van der Waals surface area (Å²) in [5, 5.41) is 0.